The summed E-state index contributed by atoms with van der Waals surface area (Å²) in [7, 11) is 0. The number of alkyl halides is 1. The van der Waals surface area contributed by atoms with Crippen LogP contribution in [0.25, 0.3) is 10.9 Å². The Morgan fingerprint density at radius 2 is 2.22 bits per heavy atom. The molecule has 0 spiro atoms. The average Bonchev–Trinajstić information content (AvgIpc) is 2.62. The molecule has 0 bridgehead atoms. The van der Waals surface area contributed by atoms with E-state index in [0.29, 0.717) is 12.2 Å². The molecule has 1 aromatic carbocycles. The van der Waals surface area contributed by atoms with Crippen molar-refractivity contribution in [1.82, 2.24) is 10.3 Å². The van der Waals surface area contributed by atoms with Gasteiger partial charge in [-0.15, -0.1) is 0 Å². The Hall–Kier alpha value is -1.97. The lowest BCUT2D eigenvalue weighted by Gasteiger charge is -2.25. The number of fused-ring (bicyclic) bond motifs is 1. The van der Waals surface area contributed by atoms with Gasteiger partial charge >= 0.3 is 0 Å². The van der Waals surface area contributed by atoms with Gasteiger partial charge in [-0.2, -0.15) is 0 Å². The van der Waals surface area contributed by atoms with E-state index >= 15 is 0 Å². The van der Waals surface area contributed by atoms with Crippen LogP contribution in [0.1, 0.15) is 27.2 Å². The van der Waals surface area contributed by atoms with Crippen LogP contribution in [0, 0.1) is 3.57 Å². The van der Waals surface area contributed by atoms with Crippen LogP contribution < -0.4 is 10.1 Å². The van der Waals surface area contributed by atoms with Crippen molar-refractivity contribution in [3.8, 4) is 5.75 Å². The number of hydrogen-bond acceptors (Lipinski definition) is 5. The largest absolute Gasteiger partial charge is 0.481 e. The summed E-state index contributed by atoms with van der Waals surface area (Å²) in [5.74, 6) is 0.339. The molecule has 146 valence electrons. The second kappa shape index (κ2) is 9.82. The van der Waals surface area contributed by atoms with Crippen LogP contribution in [-0.4, -0.2) is 42.0 Å². The third-order valence-electron chi connectivity index (χ3n) is 3.62. The van der Waals surface area contributed by atoms with Gasteiger partial charge in [-0.05, 0) is 67.1 Å². The van der Waals surface area contributed by atoms with E-state index in [1.54, 1.807) is 26.1 Å². The number of oxime groups is 1. The van der Waals surface area contributed by atoms with Gasteiger partial charge in [-0.25, -0.2) is 4.39 Å². The van der Waals surface area contributed by atoms with Crippen LogP contribution in [0.2, 0.25) is 0 Å². The number of carbonyl (C=O) groups excluding carboxylic acids is 1. The number of amides is 1. The summed E-state index contributed by atoms with van der Waals surface area (Å²) in [5.41, 5.74) is 0.110. The molecule has 2 aromatic rings. The van der Waals surface area contributed by atoms with Gasteiger partial charge in [0.25, 0.3) is 5.91 Å². The van der Waals surface area contributed by atoms with Crippen molar-refractivity contribution in [2.75, 3.05) is 13.3 Å². The van der Waals surface area contributed by atoms with Gasteiger partial charge in [0.05, 0.1) is 17.3 Å². The van der Waals surface area contributed by atoms with Crippen molar-refractivity contribution in [2.45, 2.75) is 38.8 Å². The molecule has 6 nitrogen and oxygen atoms in total. The summed E-state index contributed by atoms with van der Waals surface area (Å²) < 4.78 is 18.9. The second-order valence-electron chi connectivity index (χ2n) is 6.49. The number of ether oxygens (including phenoxy) is 1. The van der Waals surface area contributed by atoms with E-state index in [-0.39, 0.29) is 12.5 Å². The number of nitrogens with zero attached hydrogens (tertiary/aromatic N) is 2. The van der Waals surface area contributed by atoms with Crippen molar-refractivity contribution in [3.05, 3.63) is 34.0 Å². The summed E-state index contributed by atoms with van der Waals surface area (Å²) in [6, 6.07) is 7.55. The van der Waals surface area contributed by atoms with Crippen LogP contribution in [0.4, 0.5) is 4.39 Å². The van der Waals surface area contributed by atoms with E-state index in [2.05, 4.69) is 38.0 Å². The van der Waals surface area contributed by atoms with Crippen LogP contribution in [0.5, 0.6) is 5.75 Å². The van der Waals surface area contributed by atoms with Crippen LogP contribution in [0.15, 0.2) is 35.6 Å². The minimum atomic E-state index is -0.756. The first kappa shape index (κ1) is 21.3. The molecule has 1 amide bonds. The Kier molecular flexibility index (Phi) is 7.76. The number of pyridine rings is 1. The molecule has 2 rings (SSSR count). The zero-order chi connectivity index (χ0) is 19.9. The van der Waals surface area contributed by atoms with Gasteiger partial charge in [0.15, 0.2) is 6.10 Å². The number of nitrogens with one attached hydrogen (secondary N) is 1. The third kappa shape index (κ3) is 6.60. The Morgan fingerprint density at radius 3 is 2.93 bits per heavy atom. The minimum Gasteiger partial charge on any atom is -0.481 e. The monoisotopic (exact) mass is 487 g/mol. The summed E-state index contributed by atoms with van der Waals surface area (Å²) in [6.45, 7) is 4.68. The number of hydrogen-bond donors (Lipinski definition) is 1. The lowest BCUT2D eigenvalue weighted by atomic mass is 10.1. The van der Waals surface area contributed by atoms with Crippen molar-refractivity contribution in [1.29, 1.82) is 0 Å². The van der Waals surface area contributed by atoms with Gasteiger partial charge in [0.2, 0.25) is 0 Å². The molecule has 1 aromatic heterocycles. The van der Waals surface area contributed by atoms with Gasteiger partial charge in [-0.1, -0.05) is 12.1 Å². The quantitative estimate of drug-likeness (QED) is 0.252. The Morgan fingerprint density at radius 1 is 1.44 bits per heavy atom. The molecule has 1 heterocycles. The summed E-state index contributed by atoms with van der Waals surface area (Å²) in [4.78, 5) is 21.7. The fourth-order valence-electron chi connectivity index (χ4n) is 2.33. The second-order valence-corrected chi connectivity index (χ2v) is 7.74. The number of benzene rings is 1. The predicted molar refractivity (Wildman–Crippen MR) is 112 cm³/mol. The highest BCUT2D eigenvalue weighted by molar-refractivity contribution is 14.1. The fraction of sp³-hybridized carbons (Fsp3) is 0.421. The van der Waals surface area contributed by atoms with Crippen LogP contribution >= 0.6 is 22.6 Å². The van der Waals surface area contributed by atoms with Gasteiger partial charge < -0.3 is 14.9 Å². The SMILES string of the molecule is CCC(Oc1ccc2ncc(I)cc2c1)C(=O)NC(C)(C)C=NOCCF. The number of halogens is 2. The van der Waals surface area contributed by atoms with Crippen LogP contribution in [-0.2, 0) is 9.63 Å². The number of rotatable bonds is 9. The fourth-order valence-corrected chi connectivity index (χ4v) is 2.80. The van der Waals surface area contributed by atoms with Gasteiger partial charge in [0, 0.05) is 15.2 Å². The molecule has 27 heavy (non-hydrogen) atoms. The molecule has 0 saturated carbocycles. The molecular weight excluding hydrogens is 464 g/mol. The lowest BCUT2D eigenvalue weighted by Crippen LogP contribution is -2.50. The van der Waals surface area contributed by atoms with Gasteiger partial charge in [0.1, 0.15) is 19.0 Å². The maximum atomic E-state index is 12.6. The topological polar surface area (TPSA) is 72.8 Å². The van der Waals surface area contributed by atoms with E-state index in [1.165, 1.54) is 6.21 Å². The summed E-state index contributed by atoms with van der Waals surface area (Å²) in [5, 5.41) is 7.47. The zero-order valence-corrected chi connectivity index (χ0v) is 17.7. The highest BCUT2D eigenvalue weighted by Gasteiger charge is 2.25. The number of aromatic nitrogens is 1. The minimum absolute atomic E-state index is 0.114. The Labute approximate surface area is 171 Å². The van der Waals surface area contributed by atoms with Crippen molar-refractivity contribution >= 4 is 45.6 Å². The standard InChI is InChI=1S/C19H23FIN3O3/c1-4-17(18(25)24-19(2,3)12-23-26-8-7-20)27-15-5-6-16-13(10-15)9-14(21)11-22-16/h5-6,9-12,17H,4,7-8H2,1-3H3,(H,24,25). The molecule has 1 unspecified atom stereocenters. The molecule has 0 saturated heterocycles. The first-order valence-electron chi connectivity index (χ1n) is 8.61. The van der Waals surface area contributed by atoms with Crippen molar-refractivity contribution in [2.24, 2.45) is 5.16 Å². The number of carbonyl (C=O) groups is 1. The molecule has 1 atom stereocenters. The Bertz CT molecular complexity index is 814. The molecular formula is C19H23FIN3O3. The highest BCUT2D eigenvalue weighted by atomic mass is 127. The summed E-state index contributed by atoms with van der Waals surface area (Å²) >= 11 is 2.20. The molecule has 8 heteroatoms. The summed E-state index contributed by atoms with van der Waals surface area (Å²) in [6.07, 6.45) is 3.07. The molecule has 0 aliphatic rings. The molecule has 1 N–H and O–H groups in total. The molecule has 0 fully saturated rings. The Balaban J connectivity index is 2.05. The van der Waals surface area contributed by atoms with E-state index in [9.17, 15) is 9.18 Å². The van der Waals surface area contributed by atoms with Crippen molar-refractivity contribution in [3.63, 3.8) is 0 Å². The van der Waals surface area contributed by atoms with Gasteiger partial charge in [-0.3, -0.25) is 9.78 Å². The molecule has 0 aliphatic heterocycles. The van der Waals surface area contributed by atoms with Crippen LogP contribution in [0.3, 0.4) is 0 Å². The van der Waals surface area contributed by atoms with E-state index in [0.717, 1.165) is 14.5 Å². The lowest BCUT2D eigenvalue weighted by molar-refractivity contribution is -0.129. The van der Waals surface area contributed by atoms with Crippen molar-refractivity contribution < 1.29 is 18.8 Å². The highest BCUT2D eigenvalue weighted by Crippen LogP contribution is 2.22. The van der Waals surface area contributed by atoms with E-state index in [4.69, 9.17) is 9.57 Å². The normalized spacial score (nSPS) is 12.9. The average molecular weight is 487 g/mol. The molecule has 0 aliphatic carbocycles. The smallest absolute Gasteiger partial charge is 0.261 e. The van der Waals surface area contributed by atoms with E-state index in [1.807, 2.05) is 25.1 Å². The van der Waals surface area contributed by atoms with E-state index < -0.39 is 18.3 Å². The first-order chi connectivity index (χ1) is 12.8. The maximum absolute atomic E-state index is 12.6. The maximum Gasteiger partial charge on any atom is 0.261 e. The predicted octanol–water partition coefficient (Wildman–Crippen LogP) is 3.86. The third-order valence-corrected chi connectivity index (χ3v) is 4.21. The first-order valence-corrected chi connectivity index (χ1v) is 9.69. The molecule has 0 radical (unpaired) electrons. The zero-order valence-electron chi connectivity index (χ0n) is 15.5.